The summed E-state index contributed by atoms with van der Waals surface area (Å²) in [6.45, 7) is 3.44. The van der Waals surface area contributed by atoms with E-state index in [9.17, 15) is 0 Å². The number of aromatic nitrogens is 3. The Morgan fingerprint density at radius 1 is 1.19 bits per heavy atom. The second-order valence-electron chi connectivity index (χ2n) is 6.36. The van der Waals surface area contributed by atoms with Crippen molar-refractivity contribution in [1.82, 2.24) is 15.0 Å². The molecule has 0 saturated carbocycles. The summed E-state index contributed by atoms with van der Waals surface area (Å²) in [6.07, 6.45) is 5.10. The Hall–Kier alpha value is -2.93. The van der Waals surface area contributed by atoms with Gasteiger partial charge in [-0.3, -0.25) is 0 Å². The highest BCUT2D eigenvalue weighted by Gasteiger charge is 2.18. The van der Waals surface area contributed by atoms with Crippen LogP contribution in [0.2, 0.25) is 0 Å². The lowest BCUT2D eigenvalue weighted by Gasteiger charge is -2.24. The number of aryl methyl sites for hydroxylation is 1. The molecule has 3 heterocycles. The van der Waals surface area contributed by atoms with E-state index in [0.717, 1.165) is 48.2 Å². The number of fused-ring (bicyclic) bond motifs is 1. The zero-order valence-corrected chi connectivity index (χ0v) is 14.6. The molecule has 0 amide bonds. The lowest BCUT2D eigenvalue weighted by Crippen LogP contribution is -2.26. The lowest BCUT2D eigenvalue weighted by molar-refractivity contribution is 0.0240. The minimum atomic E-state index is 0.114. The van der Waals surface area contributed by atoms with E-state index in [1.54, 1.807) is 6.20 Å². The van der Waals surface area contributed by atoms with Crippen LogP contribution in [0.5, 0.6) is 5.88 Å². The molecule has 134 valence electrons. The summed E-state index contributed by atoms with van der Waals surface area (Å²) < 4.78 is 11.5. The molecule has 1 aliphatic rings. The van der Waals surface area contributed by atoms with Gasteiger partial charge in [-0.25, -0.2) is 15.0 Å². The zero-order chi connectivity index (χ0) is 17.9. The number of nitrogens with one attached hydrogen (secondary N) is 1. The molecule has 7 heteroatoms. The molecule has 0 spiro atoms. The number of nitrogens with zero attached hydrogens (tertiary/aromatic N) is 3. The molecule has 3 aromatic rings. The minimum Gasteiger partial charge on any atom is -0.473 e. The van der Waals surface area contributed by atoms with Crippen molar-refractivity contribution in [2.75, 3.05) is 24.3 Å². The minimum absolute atomic E-state index is 0.114. The SMILES string of the molecule is Cc1cc(N)cc2ncnc(Nc3cccnc3OC3CCOCC3)c12. The van der Waals surface area contributed by atoms with Gasteiger partial charge in [0, 0.05) is 30.1 Å². The molecule has 1 aromatic carbocycles. The summed E-state index contributed by atoms with van der Waals surface area (Å²) in [5.74, 6) is 1.27. The van der Waals surface area contributed by atoms with Crippen LogP contribution < -0.4 is 15.8 Å². The fraction of sp³-hybridized carbons (Fsp3) is 0.316. The second kappa shape index (κ2) is 7.13. The number of ether oxygens (including phenoxy) is 2. The summed E-state index contributed by atoms with van der Waals surface area (Å²) in [7, 11) is 0. The molecular weight excluding hydrogens is 330 g/mol. The molecule has 0 atom stereocenters. The van der Waals surface area contributed by atoms with Crippen molar-refractivity contribution in [3.63, 3.8) is 0 Å². The van der Waals surface area contributed by atoms with E-state index in [2.05, 4.69) is 20.3 Å². The van der Waals surface area contributed by atoms with Gasteiger partial charge in [-0.1, -0.05) is 0 Å². The standard InChI is InChI=1S/C19H21N5O2/c1-12-9-13(20)10-16-17(12)18(23-11-22-16)24-15-3-2-6-21-19(15)26-14-4-7-25-8-5-14/h2-3,6,9-11,14H,4-5,7-8,20H2,1H3,(H,22,23,24). The predicted octanol–water partition coefficient (Wildman–Crippen LogP) is 3.22. The molecule has 1 aliphatic heterocycles. The van der Waals surface area contributed by atoms with Gasteiger partial charge in [0.2, 0.25) is 5.88 Å². The number of nitrogens with two attached hydrogens (primary N) is 1. The first-order valence-corrected chi connectivity index (χ1v) is 8.68. The maximum absolute atomic E-state index is 6.10. The maximum Gasteiger partial charge on any atom is 0.238 e. The number of anilines is 3. The highest BCUT2D eigenvalue weighted by atomic mass is 16.5. The fourth-order valence-corrected chi connectivity index (χ4v) is 3.17. The smallest absolute Gasteiger partial charge is 0.238 e. The number of rotatable bonds is 4. The molecule has 7 nitrogen and oxygen atoms in total. The van der Waals surface area contributed by atoms with Crippen LogP contribution in [0.3, 0.4) is 0 Å². The number of pyridine rings is 1. The molecule has 4 rings (SSSR count). The Morgan fingerprint density at radius 2 is 2.04 bits per heavy atom. The largest absolute Gasteiger partial charge is 0.473 e. The summed E-state index contributed by atoms with van der Waals surface area (Å²) in [5, 5.41) is 4.29. The summed E-state index contributed by atoms with van der Waals surface area (Å²) >= 11 is 0. The molecule has 3 N–H and O–H groups in total. The van der Waals surface area contributed by atoms with Crippen LogP contribution >= 0.6 is 0 Å². The molecule has 26 heavy (non-hydrogen) atoms. The fourth-order valence-electron chi connectivity index (χ4n) is 3.17. The van der Waals surface area contributed by atoms with E-state index in [4.69, 9.17) is 15.2 Å². The average molecular weight is 351 g/mol. The van der Waals surface area contributed by atoms with E-state index in [0.29, 0.717) is 17.4 Å². The maximum atomic E-state index is 6.10. The highest BCUT2D eigenvalue weighted by Crippen LogP contribution is 2.31. The van der Waals surface area contributed by atoms with Crippen molar-refractivity contribution in [2.24, 2.45) is 0 Å². The first kappa shape index (κ1) is 16.5. The summed E-state index contributed by atoms with van der Waals surface area (Å²) in [4.78, 5) is 13.1. The Balaban J connectivity index is 1.67. The zero-order valence-electron chi connectivity index (χ0n) is 14.6. The number of benzene rings is 1. The van der Waals surface area contributed by atoms with Crippen LogP contribution in [0.1, 0.15) is 18.4 Å². The predicted molar refractivity (Wildman–Crippen MR) is 101 cm³/mol. The molecule has 0 bridgehead atoms. The van der Waals surface area contributed by atoms with Crippen LogP contribution in [0.4, 0.5) is 17.2 Å². The van der Waals surface area contributed by atoms with E-state index < -0.39 is 0 Å². The van der Waals surface area contributed by atoms with Crippen LogP contribution in [0, 0.1) is 6.92 Å². The van der Waals surface area contributed by atoms with Gasteiger partial charge >= 0.3 is 0 Å². The normalized spacial score (nSPS) is 15.1. The van der Waals surface area contributed by atoms with Crippen LogP contribution in [0.25, 0.3) is 10.9 Å². The van der Waals surface area contributed by atoms with E-state index in [-0.39, 0.29) is 6.10 Å². The molecule has 0 aliphatic carbocycles. The van der Waals surface area contributed by atoms with E-state index >= 15 is 0 Å². The second-order valence-corrected chi connectivity index (χ2v) is 6.36. The van der Waals surface area contributed by atoms with Gasteiger partial charge in [0.1, 0.15) is 23.9 Å². The molecule has 0 unspecified atom stereocenters. The average Bonchev–Trinajstić information content (AvgIpc) is 2.64. The molecule has 1 fully saturated rings. The Kier molecular flexibility index (Phi) is 4.53. The topological polar surface area (TPSA) is 95.2 Å². The van der Waals surface area contributed by atoms with Crippen LogP contribution in [0.15, 0.2) is 36.8 Å². The van der Waals surface area contributed by atoms with Gasteiger partial charge in [0.25, 0.3) is 0 Å². The third kappa shape index (κ3) is 3.39. The Bertz CT molecular complexity index is 925. The van der Waals surface area contributed by atoms with Crippen molar-refractivity contribution in [1.29, 1.82) is 0 Å². The van der Waals surface area contributed by atoms with Crippen LogP contribution in [-0.4, -0.2) is 34.3 Å². The van der Waals surface area contributed by atoms with Gasteiger partial charge in [0.05, 0.1) is 18.7 Å². The van der Waals surface area contributed by atoms with Gasteiger partial charge < -0.3 is 20.5 Å². The van der Waals surface area contributed by atoms with Crippen molar-refractivity contribution in [3.05, 3.63) is 42.4 Å². The number of hydrogen-bond acceptors (Lipinski definition) is 7. The van der Waals surface area contributed by atoms with Crippen molar-refractivity contribution < 1.29 is 9.47 Å². The summed E-state index contributed by atoms with van der Waals surface area (Å²) in [6, 6.07) is 7.56. The van der Waals surface area contributed by atoms with Gasteiger partial charge in [-0.05, 0) is 36.8 Å². The molecule has 0 radical (unpaired) electrons. The molecule has 2 aromatic heterocycles. The van der Waals surface area contributed by atoms with Crippen LogP contribution in [-0.2, 0) is 4.74 Å². The molecule has 1 saturated heterocycles. The Morgan fingerprint density at radius 3 is 2.88 bits per heavy atom. The highest BCUT2D eigenvalue weighted by molar-refractivity contribution is 5.95. The van der Waals surface area contributed by atoms with Gasteiger partial charge in [-0.15, -0.1) is 0 Å². The first-order valence-electron chi connectivity index (χ1n) is 8.68. The van der Waals surface area contributed by atoms with Crippen molar-refractivity contribution in [2.45, 2.75) is 25.9 Å². The van der Waals surface area contributed by atoms with Gasteiger partial charge in [0.15, 0.2) is 0 Å². The van der Waals surface area contributed by atoms with E-state index in [1.165, 1.54) is 6.33 Å². The monoisotopic (exact) mass is 351 g/mol. The number of nitrogen functional groups attached to an aromatic ring is 1. The van der Waals surface area contributed by atoms with Crippen molar-refractivity contribution >= 4 is 28.1 Å². The van der Waals surface area contributed by atoms with Crippen molar-refractivity contribution in [3.8, 4) is 5.88 Å². The summed E-state index contributed by atoms with van der Waals surface area (Å²) in [5.41, 5.74) is 9.21. The van der Waals surface area contributed by atoms with Gasteiger partial charge in [-0.2, -0.15) is 0 Å². The third-order valence-electron chi connectivity index (χ3n) is 4.43. The third-order valence-corrected chi connectivity index (χ3v) is 4.43. The first-order chi connectivity index (χ1) is 12.7. The number of hydrogen-bond donors (Lipinski definition) is 2. The lowest BCUT2D eigenvalue weighted by atomic mass is 10.1. The van der Waals surface area contributed by atoms with E-state index in [1.807, 2.05) is 31.2 Å². The quantitative estimate of drug-likeness (QED) is 0.697. The Labute approximate surface area is 151 Å². The molecular formula is C19H21N5O2.